The SMILES string of the molecule is Cc1cc2occ(CC(=O)Nc3cc(S(=O)(=O)N(C)C)cc(C)c3C)c2cc1C. The number of nitrogens with one attached hydrogen (secondary N) is 1. The molecular weight excluding hydrogens is 388 g/mol. The number of carbonyl (C=O) groups is 1. The summed E-state index contributed by atoms with van der Waals surface area (Å²) in [6.07, 6.45) is 1.74. The molecule has 0 bridgehead atoms. The number of amides is 1. The summed E-state index contributed by atoms with van der Waals surface area (Å²) in [7, 11) is -0.630. The highest BCUT2D eigenvalue weighted by atomic mass is 32.2. The Morgan fingerprint density at radius 2 is 1.66 bits per heavy atom. The topological polar surface area (TPSA) is 79.6 Å². The fourth-order valence-electron chi connectivity index (χ4n) is 3.16. The zero-order chi connectivity index (χ0) is 21.5. The molecule has 6 nitrogen and oxygen atoms in total. The highest BCUT2D eigenvalue weighted by Crippen LogP contribution is 2.27. The van der Waals surface area contributed by atoms with Gasteiger partial charge in [-0.1, -0.05) is 0 Å². The van der Waals surface area contributed by atoms with Gasteiger partial charge in [-0.25, -0.2) is 12.7 Å². The summed E-state index contributed by atoms with van der Waals surface area (Å²) in [5.41, 5.74) is 5.94. The molecule has 0 aliphatic heterocycles. The number of carbonyl (C=O) groups excluding carboxylic acids is 1. The molecule has 2 aromatic carbocycles. The van der Waals surface area contributed by atoms with Gasteiger partial charge in [0.2, 0.25) is 15.9 Å². The van der Waals surface area contributed by atoms with E-state index in [4.69, 9.17) is 4.42 Å². The Balaban J connectivity index is 1.90. The third-order valence-electron chi connectivity index (χ3n) is 5.31. The van der Waals surface area contributed by atoms with Crippen molar-refractivity contribution < 1.29 is 17.6 Å². The second-order valence-corrected chi connectivity index (χ2v) is 9.77. The van der Waals surface area contributed by atoms with Crippen LogP contribution in [0.2, 0.25) is 0 Å². The lowest BCUT2D eigenvalue weighted by atomic mass is 10.0. The van der Waals surface area contributed by atoms with Gasteiger partial charge in [0, 0.05) is 30.7 Å². The Hall–Kier alpha value is -2.64. The maximum Gasteiger partial charge on any atom is 0.242 e. The molecule has 0 aliphatic carbocycles. The first kappa shape index (κ1) is 21.1. The summed E-state index contributed by atoms with van der Waals surface area (Å²) < 4.78 is 31.8. The first-order valence-corrected chi connectivity index (χ1v) is 10.8. The second-order valence-electron chi connectivity index (χ2n) is 7.62. The van der Waals surface area contributed by atoms with Crippen molar-refractivity contribution in [2.75, 3.05) is 19.4 Å². The van der Waals surface area contributed by atoms with Gasteiger partial charge >= 0.3 is 0 Å². The van der Waals surface area contributed by atoms with Crippen LogP contribution in [0, 0.1) is 27.7 Å². The number of benzene rings is 2. The number of sulfonamides is 1. The van der Waals surface area contributed by atoms with E-state index in [0.717, 1.165) is 43.1 Å². The number of hydrogen-bond acceptors (Lipinski definition) is 4. The summed E-state index contributed by atoms with van der Waals surface area (Å²) in [6.45, 7) is 7.72. The molecule has 7 heteroatoms. The molecule has 3 aromatic rings. The van der Waals surface area contributed by atoms with Crippen molar-refractivity contribution in [3.8, 4) is 0 Å². The van der Waals surface area contributed by atoms with E-state index in [-0.39, 0.29) is 17.2 Å². The summed E-state index contributed by atoms with van der Waals surface area (Å²) in [4.78, 5) is 12.9. The van der Waals surface area contributed by atoms with Crippen LogP contribution in [0.25, 0.3) is 11.0 Å². The zero-order valence-corrected chi connectivity index (χ0v) is 18.4. The fraction of sp³-hybridized carbons (Fsp3) is 0.318. The Morgan fingerprint density at radius 1 is 1.00 bits per heavy atom. The molecule has 154 valence electrons. The standard InChI is InChI=1S/C22H26N2O4S/c1-13-8-19-17(12-28-21(19)9-14(13)2)10-22(25)23-20-11-18(7-15(3)16(20)4)29(26,27)24(5)6/h7-9,11-12H,10H2,1-6H3,(H,23,25). The molecule has 3 rings (SSSR count). The minimum atomic E-state index is -3.60. The van der Waals surface area contributed by atoms with E-state index < -0.39 is 10.0 Å². The molecule has 0 spiro atoms. The Bertz CT molecular complexity index is 1210. The molecule has 0 saturated heterocycles. The smallest absolute Gasteiger partial charge is 0.242 e. The van der Waals surface area contributed by atoms with Crippen molar-refractivity contribution in [2.24, 2.45) is 0 Å². The largest absolute Gasteiger partial charge is 0.464 e. The third-order valence-corrected chi connectivity index (χ3v) is 7.11. The van der Waals surface area contributed by atoms with Crippen LogP contribution in [0.3, 0.4) is 0 Å². The summed E-state index contributed by atoms with van der Waals surface area (Å²) in [5.74, 6) is -0.229. The Labute approximate surface area is 171 Å². The number of rotatable bonds is 5. The normalized spacial score (nSPS) is 12.0. The number of aryl methyl sites for hydroxylation is 3. The molecule has 0 unspecified atom stereocenters. The lowest BCUT2D eigenvalue weighted by molar-refractivity contribution is -0.115. The van der Waals surface area contributed by atoms with Crippen molar-refractivity contribution >= 4 is 32.6 Å². The molecular formula is C22H26N2O4S. The van der Waals surface area contributed by atoms with Crippen molar-refractivity contribution in [3.63, 3.8) is 0 Å². The van der Waals surface area contributed by atoms with E-state index in [1.807, 2.05) is 39.8 Å². The lowest BCUT2D eigenvalue weighted by Crippen LogP contribution is -2.23. The molecule has 0 saturated carbocycles. The number of hydrogen-bond donors (Lipinski definition) is 1. The average Bonchev–Trinajstić information content (AvgIpc) is 3.00. The molecule has 1 aromatic heterocycles. The van der Waals surface area contributed by atoms with Crippen LogP contribution < -0.4 is 5.32 Å². The van der Waals surface area contributed by atoms with Crippen molar-refractivity contribution in [1.29, 1.82) is 0 Å². The molecule has 0 fully saturated rings. The molecule has 1 N–H and O–H groups in total. The minimum absolute atomic E-state index is 0.138. The van der Waals surface area contributed by atoms with E-state index >= 15 is 0 Å². The first-order valence-electron chi connectivity index (χ1n) is 9.31. The monoisotopic (exact) mass is 414 g/mol. The predicted octanol–water partition coefficient (Wildman–Crippen LogP) is 4.10. The quantitative estimate of drug-likeness (QED) is 0.682. The van der Waals surface area contributed by atoms with Crippen LogP contribution in [-0.4, -0.2) is 32.7 Å². The van der Waals surface area contributed by atoms with E-state index in [9.17, 15) is 13.2 Å². The van der Waals surface area contributed by atoms with Crippen LogP contribution in [0.5, 0.6) is 0 Å². The highest BCUT2D eigenvalue weighted by Gasteiger charge is 2.20. The Kier molecular flexibility index (Phi) is 5.56. The van der Waals surface area contributed by atoms with E-state index in [1.54, 1.807) is 12.3 Å². The van der Waals surface area contributed by atoms with E-state index in [1.165, 1.54) is 20.2 Å². The molecule has 1 heterocycles. The fourth-order valence-corrected chi connectivity index (χ4v) is 4.17. The van der Waals surface area contributed by atoms with Gasteiger partial charge in [0.25, 0.3) is 0 Å². The van der Waals surface area contributed by atoms with Gasteiger partial charge in [-0.15, -0.1) is 0 Å². The van der Waals surface area contributed by atoms with Gasteiger partial charge in [-0.3, -0.25) is 4.79 Å². The van der Waals surface area contributed by atoms with E-state index in [2.05, 4.69) is 5.32 Å². The molecule has 0 aliphatic rings. The van der Waals surface area contributed by atoms with Crippen molar-refractivity contribution in [2.45, 2.75) is 39.0 Å². The molecule has 1 amide bonds. The predicted molar refractivity (Wildman–Crippen MR) is 115 cm³/mol. The average molecular weight is 415 g/mol. The lowest BCUT2D eigenvalue weighted by Gasteiger charge is -2.16. The number of fused-ring (bicyclic) bond motifs is 1. The minimum Gasteiger partial charge on any atom is -0.464 e. The van der Waals surface area contributed by atoms with Gasteiger partial charge in [0.1, 0.15) is 5.58 Å². The van der Waals surface area contributed by atoms with Crippen molar-refractivity contribution in [3.05, 3.63) is 58.3 Å². The van der Waals surface area contributed by atoms with Crippen LogP contribution in [0.15, 0.2) is 39.8 Å². The molecule has 29 heavy (non-hydrogen) atoms. The van der Waals surface area contributed by atoms with Crippen LogP contribution in [0.1, 0.15) is 27.8 Å². The third kappa shape index (κ3) is 4.06. The van der Waals surface area contributed by atoms with E-state index in [0.29, 0.717) is 5.69 Å². The van der Waals surface area contributed by atoms with Gasteiger partial charge in [-0.05, 0) is 74.2 Å². The second kappa shape index (κ2) is 7.65. The van der Waals surface area contributed by atoms with Gasteiger partial charge in [0.05, 0.1) is 17.6 Å². The summed E-state index contributed by atoms with van der Waals surface area (Å²) in [6, 6.07) is 7.12. The van der Waals surface area contributed by atoms with Crippen molar-refractivity contribution in [1.82, 2.24) is 4.31 Å². The van der Waals surface area contributed by atoms with Gasteiger partial charge in [0.15, 0.2) is 0 Å². The molecule has 0 atom stereocenters. The number of anilines is 1. The highest BCUT2D eigenvalue weighted by molar-refractivity contribution is 7.89. The van der Waals surface area contributed by atoms with Crippen LogP contribution in [0.4, 0.5) is 5.69 Å². The first-order chi connectivity index (χ1) is 13.5. The maximum atomic E-state index is 12.7. The number of nitrogens with zero attached hydrogens (tertiary/aromatic N) is 1. The van der Waals surface area contributed by atoms with Crippen LogP contribution >= 0.6 is 0 Å². The number of furan rings is 1. The molecule has 0 radical (unpaired) electrons. The van der Waals surface area contributed by atoms with Gasteiger partial charge < -0.3 is 9.73 Å². The Morgan fingerprint density at radius 3 is 2.31 bits per heavy atom. The van der Waals surface area contributed by atoms with Gasteiger partial charge in [-0.2, -0.15) is 0 Å². The summed E-state index contributed by atoms with van der Waals surface area (Å²) >= 11 is 0. The summed E-state index contributed by atoms with van der Waals surface area (Å²) in [5, 5.41) is 3.78. The van der Waals surface area contributed by atoms with Crippen LogP contribution in [-0.2, 0) is 21.2 Å². The maximum absolute atomic E-state index is 12.7. The zero-order valence-electron chi connectivity index (χ0n) is 17.6.